The number of carbonyl (C=O) groups excluding carboxylic acids is 2. The van der Waals surface area contributed by atoms with Crippen LogP contribution >= 0.6 is 0 Å². The van der Waals surface area contributed by atoms with E-state index in [1.54, 1.807) is 22.7 Å². The topological polar surface area (TPSA) is 64.4 Å². The molecule has 1 aliphatic rings. The molecule has 0 aliphatic heterocycles. The minimum Gasteiger partial charge on any atom is -0.462 e. The van der Waals surface area contributed by atoms with Crippen molar-refractivity contribution in [3.8, 4) is 5.69 Å². The second-order valence-corrected chi connectivity index (χ2v) is 7.93. The maximum absolute atomic E-state index is 13.3. The Bertz CT molecular complexity index is 823. The second-order valence-electron chi connectivity index (χ2n) is 7.93. The summed E-state index contributed by atoms with van der Waals surface area (Å²) in [7, 11) is 0. The Kier molecular flexibility index (Phi) is 7.07. The molecule has 1 aliphatic carbocycles. The third kappa shape index (κ3) is 5.05. The van der Waals surface area contributed by atoms with Crippen molar-refractivity contribution in [2.75, 3.05) is 11.5 Å². The lowest BCUT2D eigenvalue weighted by atomic mass is 9.86. The van der Waals surface area contributed by atoms with Crippen molar-refractivity contribution in [2.45, 2.75) is 65.3 Å². The summed E-state index contributed by atoms with van der Waals surface area (Å²) in [4.78, 5) is 27.6. The van der Waals surface area contributed by atoms with Gasteiger partial charge < -0.3 is 4.74 Å². The number of para-hydroxylation sites is 1. The van der Waals surface area contributed by atoms with Crippen LogP contribution < -0.4 is 4.90 Å². The Morgan fingerprint density at radius 1 is 1.17 bits per heavy atom. The van der Waals surface area contributed by atoms with E-state index in [1.807, 2.05) is 44.2 Å². The molecule has 0 bridgehead atoms. The fraction of sp³-hybridized carbons (Fsp3) is 0.522. The molecule has 156 valence electrons. The number of nitrogens with zero attached hydrogens (tertiary/aromatic N) is 3. The highest BCUT2D eigenvalue weighted by molar-refractivity contribution is 6.01. The smallest absolute Gasteiger partial charge is 0.343 e. The number of rotatable bonds is 7. The van der Waals surface area contributed by atoms with Crippen LogP contribution in [0.3, 0.4) is 0 Å². The first-order chi connectivity index (χ1) is 14.0. The maximum Gasteiger partial charge on any atom is 0.343 e. The normalized spacial score (nSPS) is 14.8. The number of amides is 1. The number of esters is 1. The fourth-order valence-corrected chi connectivity index (χ4v) is 4.00. The Morgan fingerprint density at radius 3 is 2.48 bits per heavy atom. The minimum atomic E-state index is -0.458. The molecule has 1 aromatic heterocycles. The first-order valence-corrected chi connectivity index (χ1v) is 10.7. The summed E-state index contributed by atoms with van der Waals surface area (Å²) >= 11 is 0. The third-order valence-electron chi connectivity index (χ3n) is 5.41. The van der Waals surface area contributed by atoms with Crippen molar-refractivity contribution < 1.29 is 14.3 Å². The number of benzene rings is 1. The molecule has 29 heavy (non-hydrogen) atoms. The molecule has 0 unspecified atom stereocenters. The Balaban J connectivity index is 1.96. The van der Waals surface area contributed by atoms with Crippen molar-refractivity contribution in [2.24, 2.45) is 5.92 Å². The van der Waals surface area contributed by atoms with Gasteiger partial charge in [0.05, 0.1) is 12.3 Å². The van der Waals surface area contributed by atoms with Crippen LogP contribution in [0.4, 0.5) is 5.82 Å². The molecule has 0 N–H and O–H groups in total. The van der Waals surface area contributed by atoms with Crippen LogP contribution in [0.1, 0.15) is 69.7 Å². The zero-order chi connectivity index (χ0) is 20.8. The Hall–Kier alpha value is -2.63. The van der Waals surface area contributed by atoms with E-state index in [2.05, 4.69) is 5.10 Å². The number of carbonyl (C=O) groups is 2. The van der Waals surface area contributed by atoms with Crippen molar-refractivity contribution in [1.29, 1.82) is 0 Å². The highest BCUT2D eigenvalue weighted by Crippen LogP contribution is 2.30. The molecule has 0 atom stereocenters. The Morgan fingerprint density at radius 2 is 1.86 bits per heavy atom. The monoisotopic (exact) mass is 397 g/mol. The van der Waals surface area contributed by atoms with Crippen molar-refractivity contribution in [1.82, 2.24) is 9.78 Å². The van der Waals surface area contributed by atoms with E-state index < -0.39 is 5.97 Å². The quantitative estimate of drug-likeness (QED) is 0.632. The maximum atomic E-state index is 13.3. The molecule has 1 fully saturated rings. The van der Waals surface area contributed by atoms with E-state index in [-0.39, 0.29) is 18.6 Å². The zero-order valence-electron chi connectivity index (χ0n) is 17.6. The average molecular weight is 398 g/mol. The van der Waals surface area contributed by atoms with Gasteiger partial charge in [-0.2, -0.15) is 0 Å². The Labute approximate surface area is 172 Å². The molecule has 3 rings (SSSR count). The lowest BCUT2D eigenvalue weighted by Gasteiger charge is -2.28. The lowest BCUT2D eigenvalue weighted by molar-refractivity contribution is -0.120. The van der Waals surface area contributed by atoms with Gasteiger partial charge in [0.2, 0.25) is 5.91 Å². The van der Waals surface area contributed by atoms with Gasteiger partial charge in [-0.15, -0.1) is 5.10 Å². The van der Waals surface area contributed by atoms with Gasteiger partial charge in [0.15, 0.2) is 5.82 Å². The average Bonchev–Trinajstić information content (AvgIpc) is 3.14. The second kappa shape index (κ2) is 9.72. The van der Waals surface area contributed by atoms with Crippen LogP contribution in [0.15, 0.2) is 36.5 Å². The molecule has 1 saturated carbocycles. The molecule has 1 heterocycles. The van der Waals surface area contributed by atoms with Crippen LogP contribution in [0, 0.1) is 5.92 Å². The number of hydrogen-bond acceptors (Lipinski definition) is 4. The molecule has 2 aromatic rings. The predicted octanol–water partition coefficient (Wildman–Crippen LogP) is 4.76. The van der Waals surface area contributed by atoms with Gasteiger partial charge in [-0.05, 0) is 51.7 Å². The summed E-state index contributed by atoms with van der Waals surface area (Å²) in [6.45, 7) is 5.95. The van der Waals surface area contributed by atoms with E-state index in [0.717, 1.165) is 18.5 Å². The summed E-state index contributed by atoms with van der Waals surface area (Å²) in [5.41, 5.74) is 1.15. The van der Waals surface area contributed by atoms with E-state index in [0.29, 0.717) is 23.7 Å². The molecule has 0 radical (unpaired) electrons. The van der Waals surface area contributed by atoms with Crippen LogP contribution in [0.5, 0.6) is 0 Å². The number of hydrogen-bond donors (Lipinski definition) is 0. The fourth-order valence-electron chi connectivity index (χ4n) is 4.00. The van der Waals surface area contributed by atoms with Gasteiger partial charge in [0.25, 0.3) is 0 Å². The van der Waals surface area contributed by atoms with Crippen molar-refractivity contribution >= 4 is 17.7 Å². The van der Waals surface area contributed by atoms with E-state index >= 15 is 0 Å². The minimum absolute atomic E-state index is 0.0239. The largest absolute Gasteiger partial charge is 0.462 e. The summed E-state index contributed by atoms with van der Waals surface area (Å²) < 4.78 is 6.89. The van der Waals surface area contributed by atoms with Crippen LogP contribution in [-0.4, -0.2) is 34.3 Å². The first kappa shape index (κ1) is 21.1. The molecular formula is C23H31N3O3. The highest BCUT2D eigenvalue weighted by atomic mass is 16.5. The SMILES string of the molecule is CCOC(=O)c1cn(-c2ccccc2)nc1N(C(=O)CC1CCCCC1)C(C)C. The van der Waals surface area contributed by atoms with Gasteiger partial charge in [0.1, 0.15) is 5.56 Å². The van der Waals surface area contributed by atoms with Gasteiger partial charge in [-0.1, -0.05) is 37.5 Å². The third-order valence-corrected chi connectivity index (χ3v) is 5.41. The highest BCUT2D eigenvalue weighted by Gasteiger charge is 2.30. The molecule has 6 heteroatoms. The molecule has 0 saturated heterocycles. The van der Waals surface area contributed by atoms with Crippen LogP contribution in [0.2, 0.25) is 0 Å². The molecule has 0 spiro atoms. The number of anilines is 1. The van der Waals surface area contributed by atoms with E-state index in [1.165, 1.54) is 19.3 Å². The lowest BCUT2D eigenvalue weighted by Crippen LogP contribution is -2.39. The molecular weight excluding hydrogens is 366 g/mol. The number of aromatic nitrogens is 2. The molecule has 1 amide bonds. The van der Waals surface area contributed by atoms with E-state index in [9.17, 15) is 9.59 Å². The standard InChI is InChI=1S/C23H31N3O3/c1-4-29-23(28)20-16-25(19-13-9-6-10-14-19)24-22(20)26(17(2)3)21(27)15-18-11-7-5-8-12-18/h6,9-10,13-14,16-18H,4-5,7-8,11-12,15H2,1-3H3. The van der Waals surface area contributed by atoms with Gasteiger partial charge in [0, 0.05) is 18.7 Å². The van der Waals surface area contributed by atoms with Gasteiger partial charge in [-0.25, -0.2) is 9.48 Å². The summed E-state index contributed by atoms with van der Waals surface area (Å²) in [6, 6.07) is 9.46. The summed E-state index contributed by atoms with van der Waals surface area (Å²) in [5.74, 6) is 0.361. The van der Waals surface area contributed by atoms with Crippen LogP contribution in [0.25, 0.3) is 5.69 Å². The van der Waals surface area contributed by atoms with Gasteiger partial charge >= 0.3 is 5.97 Å². The molecule has 6 nitrogen and oxygen atoms in total. The number of ether oxygens (including phenoxy) is 1. The van der Waals surface area contributed by atoms with E-state index in [4.69, 9.17) is 4.74 Å². The van der Waals surface area contributed by atoms with Crippen molar-refractivity contribution in [3.05, 3.63) is 42.1 Å². The predicted molar refractivity (Wildman–Crippen MR) is 113 cm³/mol. The van der Waals surface area contributed by atoms with Crippen molar-refractivity contribution in [3.63, 3.8) is 0 Å². The van der Waals surface area contributed by atoms with Gasteiger partial charge in [-0.3, -0.25) is 9.69 Å². The summed E-state index contributed by atoms with van der Waals surface area (Å²) in [5, 5.41) is 4.64. The summed E-state index contributed by atoms with van der Waals surface area (Å²) in [6.07, 6.45) is 7.99. The van der Waals surface area contributed by atoms with Crippen LogP contribution in [-0.2, 0) is 9.53 Å². The zero-order valence-corrected chi connectivity index (χ0v) is 17.6. The molecule has 1 aromatic carbocycles. The first-order valence-electron chi connectivity index (χ1n) is 10.7.